The molecule has 0 N–H and O–H groups in total. The van der Waals surface area contributed by atoms with Crippen LogP contribution >= 0.6 is 0 Å². The molecule has 0 saturated carbocycles. The van der Waals surface area contributed by atoms with Crippen LogP contribution in [0.15, 0.2) is 48.5 Å². The lowest BCUT2D eigenvalue weighted by atomic mass is 10.1. The smallest absolute Gasteiger partial charge is 0.301 e. The van der Waals surface area contributed by atoms with Crippen molar-refractivity contribution in [2.24, 2.45) is 0 Å². The first-order valence-electron chi connectivity index (χ1n) is 5.85. The van der Waals surface area contributed by atoms with Gasteiger partial charge in [-0.05, 0) is 36.4 Å². The van der Waals surface area contributed by atoms with Gasteiger partial charge in [-0.25, -0.2) is 4.39 Å². The summed E-state index contributed by atoms with van der Waals surface area (Å²) in [6, 6.07) is 11.2. The van der Waals surface area contributed by atoms with E-state index >= 15 is 0 Å². The third kappa shape index (κ3) is 3.12. The predicted octanol–water partition coefficient (Wildman–Crippen LogP) is 3.39. The number of carbonyl (C=O) groups excluding carboxylic acids is 1. The molecule has 0 bridgehead atoms. The third-order valence-electron chi connectivity index (χ3n) is 2.64. The lowest BCUT2D eigenvalue weighted by molar-refractivity contribution is 0.0447. The van der Waals surface area contributed by atoms with Gasteiger partial charge in [0.1, 0.15) is 17.3 Å². The topological polar surface area (TPSA) is 35.5 Å². The fourth-order valence-corrected chi connectivity index (χ4v) is 1.61. The summed E-state index contributed by atoms with van der Waals surface area (Å²) in [6.45, 7) is 0. The van der Waals surface area contributed by atoms with Crippen molar-refractivity contribution >= 4 is 5.78 Å². The number of hydrogen-bond donors (Lipinski definition) is 0. The third-order valence-corrected chi connectivity index (χ3v) is 2.64. The zero-order valence-electron chi connectivity index (χ0n) is 10.7. The number of ether oxygens (including phenoxy) is 2. The van der Waals surface area contributed by atoms with E-state index in [1.54, 1.807) is 12.1 Å². The summed E-state index contributed by atoms with van der Waals surface area (Å²) in [6.07, 6.45) is -2.26. The summed E-state index contributed by atoms with van der Waals surface area (Å²) in [5, 5.41) is 0. The van der Waals surface area contributed by atoms with E-state index in [9.17, 15) is 13.6 Å². The highest BCUT2D eigenvalue weighted by atomic mass is 19.1. The van der Waals surface area contributed by atoms with Crippen LogP contribution in [0, 0.1) is 5.82 Å². The lowest BCUT2D eigenvalue weighted by Crippen LogP contribution is -2.23. The maximum absolute atomic E-state index is 13.8. The Balaban J connectivity index is 2.09. The average Bonchev–Trinajstić information content (AvgIpc) is 2.48. The van der Waals surface area contributed by atoms with E-state index in [4.69, 9.17) is 9.47 Å². The Hall–Kier alpha value is -2.43. The van der Waals surface area contributed by atoms with Gasteiger partial charge in [0.25, 0.3) is 0 Å². The Morgan fingerprint density at radius 2 is 1.65 bits per heavy atom. The Bertz CT molecular complexity index is 596. The molecule has 1 atom stereocenters. The molecule has 2 rings (SSSR count). The van der Waals surface area contributed by atoms with Crippen LogP contribution < -0.4 is 9.47 Å². The van der Waals surface area contributed by atoms with Gasteiger partial charge < -0.3 is 9.47 Å². The van der Waals surface area contributed by atoms with Gasteiger partial charge in [0.15, 0.2) is 0 Å². The molecule has 0 aliphatic rings. The molecule has 0 amide bonds. The van der Waals surface area contributed by atoms with Crippen LogP contribution in [-0.2, 0) is 0 Å². The van der Waals surface area contributed by atoms with E-state index < -0.39 is 18.0 Å². The highest BCUT2D eigenvalue weighted by molar-refractivity contribution is 5.98. The normalized spacial score (nSPS) is 11.8. The first-order valence-corrected chi connectivity index (χ1v) is 5.85. The van der Waals surface area contributed by atoms with Crippen molar-refractivity contribution in [2.75, 3.05) is 7.11 Å². The molecule has 3 nitrogen and oxygen atoms in total. The molecule has 0 radical (unpaired) electrons. The van der Waals surface area contributed by atoms with E-state index in [0.717, 1.165) is 6.07 Å². The van der Waals surface area contributed by atoms with Gasteiger partial charge in [-0.2, -0.15) is 4.39 Å². The minimum atomic E-state index is -2.26. The van der Waals surface area contributed by atoms with Gasteiger partial charge in [0.2, 0.25) is 5.78 Å². The minimum absolute atomic E-state index is 0.156. The van der Waals surface area contributed by atoms with Crippen LogP contribution in [0.1, 0.15) is 10.4 Å². The largest absolute Gasteiger partial charge is 0.497 e. The Morgan fingerprint density at radius 1 is 1.05 bits per heavy atom. The first-order chi connectivity index (χ1) is 9.61. The molecule has 1 unspecified atom stereocenters. The van der Waals surface area contributed by atoms with Crippen molar-refractivity contribution in [1.29, 1.82) is 0 Å². The van der Waals surface area contributed by atoms with Crippen molar-refractivity contribution in [2.45, 2.75) is 6.36 Å². The quantitative estimate of drug-likeness (QED) is 0.786. The average molecular weight is 278 g/mol. The Labute approximate surface area is 114 Å². The summed E-state index contributed by atoms with van der Waals surface area (Å²) in [4.78, 5) is 11.7. The van der Waals surface area contributed by atoms with Gasteiger partial charge in [-0.1, -0.05) is 12.1 Å². The van der Waals surface area contributed by atoms with Crippen LogP contribution in [0.3, 0.4) is 0 Å². The number of ketones is 1. The number of halogens is 2. The van der Waals surface area contributed by atoms with Crippen molar-refractivity contribution in [3.05, 3.63) is 59.9 Å². The van der Waals surface area contributed by atoms with Crippen molar-refractivity contribution < 1.29 is 23.0 Å². The fourth-order valence-electron chi connectivity index (χ4n) is 1.61. The van der Waals surface area contributed by atoms with E-state index in [-0.39, 0.29) is 11.3 Å². The monoisotopic (exact) mass is 278 g/mol. The molecule has 104 valence electrons. The van der Waals surface area contributed by atoms with E-state index in [1.807, 2.05) is 0 Å². The molecule has 2 aromatic rings. The number of methoxy groups -OCH3 is 1. The number of alkyl halides is 1. The molecular formula is C15H12F2O3. The molecule has 0 aliphatic heterocycles. The van der Waals surface area contributed by atoms with Gasteiger partial charge in [-0.3, -0.25) is 4.79 Å². The molecule has 0 spiro atoms. The molecule has 0 saturated heterocycles. The van der Waals surface area contributed by atoms with Crippen molar-refractivity contribution in [1.82, 2.24) is 0 Å². The van der Waals surface area contributed by atoms with Crippen molar-refractivity contribution in [3.63, 3.8) is 0 Å². The maximum atomic E-state index is 13.8. The molecule has 0 aliphatic carbocycles. The van der Waals surface area contributed by atoms with Gasteiger partial charge in [-0.15, -0.1) is 0 Å². The molecule has 0 aromatic heterocycles. The lowest BCUT2D eigenvalue weighted by Gasteiger charge is -2.11. The summed E-state index contributed by atoms with van der Waals surface area (Å²) >= 11 is 0. The van der Waals surface area contributed by atoms with Crippen LogP contribution in [0.25, 0.3) is 0 Å². The van der Waals surface area contributed by atoms with Gasteiger partial charge >= 0.3 is 6.36 Å². The summed E-state index contributed by atoms with van der Waals surface area (Å²) in [7, 11) is 1.50. The van der Waals surface area contributed by atoms with Crippen LogP contribution in [0.5, 0.6) is 11.5 Å². The number of benzene rings is 2. The minimum Gasteiger partial charge on any atom is -0.497 e. The Morgan fingerprint density at radius 3 is 2.25 bits per heavy atom. The molecule has 20 heavy (non-hydrogen) atoms. The van der Waals surface area contributed by atoms with E-state index in [1.165, 1.54) is 37.4 Å². The van der Waals surface area contributed by atoms with Gasteiger partial charge in [0.05, 0.1) is 12.7 Å². The second-order valence-corrected chi connectivity index (χ2v) is 3.95. The first kappa shape index (κ1) is 14.0. The van der Waals surface area contributed by atoms with E-state index in [2.05, 4.69) is 0 Å². The summed E-state index contributed by atoms with van der Waals surface area (Å²) in [5.41, 5.74) is -0.339. The van der Waals surface area contributed by atoms with Gasteiger partial charge in [0, 0.05) is 0 Å². The molecule has 0 fully saturated rings. The molecule has 0 heterocycles. The number of hydrogen-bond acceptors (Lipinski definition) is 3. The molecule has 5 heteroatoms. The SMILES string of the molecule is COc1ccc(OC(F)C(=O)c2ccccc2F)cc1. The van der Waals surface area contributed by atoms with Crippen LogP contribution in [-0.4, -0.2) is 19.3 Å². The standard InChI is InChI=1S/C15H12F2O3/c1-19-10-6-8-11(9-7-10)20-15(17)14(18)12-4-2-3-5-13(12)16/h2-9,15H,1H3. The number of Topliss-reactive ketones (excluding diaryl/α,β-unsaturated/α-hetero) is 1. The second kappa shape index (κ2) is 6.14. The van der Waals surface area contributed by atoms with Crippen molar-refractivity contribution in [3.8, 4) is 11.5 Å². The molecule has 2 aromatic carbocycles. The van der Waals surface area contributed by atoms with E-state index in [0.29, 0.717) is 5.75 Å². The fraction of sp³-hybridized carbons (Fsp3) is 0.133. The maximum Gasteiger partial charge on any atom is 0.301 e. The number of carbonyl (C=O) groups is 1. The zero-order valence-corrected chi connectivity index (χ0v) is 10.7. The Kier molecular flexibility index (Phi) is 4.30. The summed E-state index contributed by atoms with van der Waals surface area (Å²) in [5.74, 6) is -1.10. The highest BCUT2D eigenvalue weighted by Crippen LogP contribution is 2.20. The predicted molar refractivity (Wildman–Crippen MR) is 69.2 cm³/mol. The molecular weight excluding hydrogens is 266 g/mol. The number of rotatable bonds is 5. The van der Waals surface area contributed by atoms with Crippen LogP contribution in [0.2, 0.25) is 0 Å². The zero-order chi connectivity index (χ0) is 14.5. The second-order valence-electron chi connectivity index (χ2n) is 3.95. The summed E-state index contributed by atoms with van der Waals surface area (Å²) < 4.78 is 36.9. The highest BCUT2D eigenvalue weighted by Gasteiger charge is 2.23. The van der Waals surface area contributed by atoms with Crippen LogP contribution in [0.4, 0.5) is 8.78 Å².